The molecule has 0 N–H and O–H groups in total. The second-order valence-electron chi connectivity index (χ2n) is 4.62. The fraction of sp³-hybridized carbons (Fsp3) is 0.500. The molecule has 1 aliphatic carbocycles. The highest BCUT2D eigenvalue weighted by molar-refractivity contribution is 9.10. The molecule has 1 aliphatic rings. The molecule has 19 heavy (non-hydrogen) atoms. The van der Waals surface area contributed by atoms with Gasteiger partial charge in [0.1, 0.15) is 12.2 Å². The van der Waals surface area contributed by atoms with Crippen molar-refractivity contribution in [2.75, 3.05) is 7.11 Å². The molecular formula is C14H15BrFNO2. The van der Waals surface area contributed by atoms with E-state index in [1.165, 1.54) is 6.07 Å². The first-order valence-electron chi connectivity index (χ1n) is 6.23. The summed E-state index contributed by atoms with van der Waals surface area (Å²) in [4.78, 5) is 0. The third-order valence-electron chi connectivity index (χ3n) is 3.37. The quantitative estimate of drug-likeness (QED) is 0.848. The van der Waals surface area contributed by atoms with Crippen LogP contribution in [0.15, 0.2) is 16.6 Å². The lowest BCUT2D eigenvalue weighted by molar-refractivity contribution is 0.0197. The molecule has 3 nitrogen and oxygen atoms in total. The zero-order valence-electron chi connectivity index (χ0n) is 10.7. The van der Waals surface area contributed by atoms with Gasteiger partial charge in [-0.15, -0.1) is 0 Å². The predicted octanol–water partition coefficient (Wildman–Crippen LogP) is 3.80. The van der Waals surface area contributed by atoms with E-state index in [2.05, 4.69) is 15.9 Å². The van der Waals surface area contributed by atoms with E-state index < -0.39 is 5.82 Å². The fourth-order valence-corrected chi connectivity index (χ4v) is 2.73. The van der Waals surface area contributed by atoms with Gasteiger partial charge in [0.05, 0.1) is 16.1 Å². The lowest BCUT2D eigenvalue weighted by atomic mass is 9.95. The van der Waals surface area contributed by atoms with Crippen molar-refractivity contribution in [1.29, 1.82) is 5.26 Å². The van der Waals surface area contributed by atoms with Crippen LogP contribution in [0.2, 0.25) is 0 Å². The molecule has 1 aromatic rings. The Morgan fingerprint density at radius 3 is 2.79 bits per heavy atom. The van der Waals surface area contributed by atoms with Crippen LogP contribution in [0, 0.1) is 17.1 Å². The van der Waals surface area contributed by atoms with Crippen molar-refractivity contribution in [2.24, 2.45) is 0 Å². The van der Waals surface area contributed by atoms with Crippen LogP contribution in [-0.4, -0.2) is 19.3 Å². The fourth-order valence-electron chi connectivity index (χ4n) is 2.31. The van der Waals surface area contributed by atoms with Crippen molar-refractivity contribution < 1.29 is 13.9 Å². The second-order valence-corrected chi connectivity index (χ2v) is 5.41. The largest absolute Gasteiger partial charge is 0.487 e. The van der Waals surface area contributed by atoms with E-state index >= 15 is 0 Å². The van der Waals surface area contributed by atoms with Gasteiger partial charge in [-0.2, -0.15) is 5.26 Å². The normalized spacial score (nSPS) is 22.8. The molecule has 0 spiro atoms. The summed E-state index contributed by atoms with van der Waals surface area (Å²) in [6.07, 6.45) is 3.86. The Labute approximate surface area is 120 Å². The highest BCUT2D eigenvalue weighted by Gasteiger charge is 2.24. The van der Waals surface area contributed by atoms with Crippen molar-refractivity contribution >= 4 is 15.9 Å². The number of nitrogens with zero attached hydrogens (tertiary/aromatic N) is 1. The maximum Gasteiger partial charge on any atom is 0.180 e. The first-order chi connectivity index (χ1) is 9.15. The Bertz CT molecular complexity index is 501. The van der Waals surface area contributed by atoms with Crippen LogP contribution in [0.1, 0.15) is 31.2 Å². The van der Waals surface area contributed by atoms with E-state index in [0.717, 1.165) is 25.7 Å². The van der Waals surface area contributed by atoms with Crippen molar-refractivity contribution in [2.45, 2.75) is 37.9 Å². The standard InChI is InChI=1S/C14H15BrFNO2/c1-18-10-3-2-4-11(7-10)19-12-6-5-9(8-17)13(15)14(12)16/h5-6,10-11H,2-4,7H2,1H3. The smallest absolute Gasteiger partial charge is 0.180 e. The topological polar surface area (TPSA) is 42.2 Å². The number of benzene rings is 1. The molecule has 1 fully saturated rings. The Kier molecular flexibility index (Phi) is 4.78. The molecular weight excluding hydrogens is 313 g/mol. The molecule has 0 heterocycles. The molecule has 1 aromatic carbocycles. The van der Waals surface area contributed by atoms with Crippen LogP contribution in [0.5, 0.6) is 5.75 Å². The third-order valence-corrected chi connectivity index (χ3v) is 4.15. The van der Waals surface area contributed by atoms with Gasteiger partial charge in [0.25, 0.3) is 0 Å². The lowest BCUT2D eigenvalue weighted by Crippen LogP contribution is -2.29. The summed E-state index contributed by atoms with van der Waals surface area (Å²) >= 11 is 3.08. The minimum Gasteiger partial charge on any atom is -0.487 e. The lowest BCUT2D eigenvalue weighted by Gasteiger charge is -2.28. The zero-order valence-corrected chi connectivity index (χ0v) is 12.2. The summed E-state index contributed by atoms with van der Waals surface area (Å²) in [5.41, 5.74) is 0.267. The molecule has 1 saturated carbocycles. The minimum atomic E-state index is -0.515. The van der Waals surface area contributed by atoms with Crippen LogP contribution < -0.4 is 4.74 Å². The van der Waals surface area contributed by atoms with E-state index in [-0.39, 0.29) is 28.0 Å². The molecule has 0 amide bonds. The summed E-state index contributed by atoms with van der Waals surface area (Å²) < 4.78 is 25.2. The van der Waals surface area contributed by atoms with Gasteiger partial charge in [0, 0.05) is 13.5 Å². The average Bonchev–Trinajstić information content (AvgIpc) is 2.44. The van der Waals surface area contributed by atoms with E-state index in [4.69, 9.17) is 14.7 Å². The molecule has 2 rings (SSSR count). The summed E-state index contributed by atoms with van der Waals surface area (Å²) in [6, 6.07) is 4.98. The number of ether oxygens (including phenoxy) is 2. The number of halogens is 2. The van der Waals surface area contributed by atoms with Gasteiger partial charge >= 0.3 is 0 Å². The number of nitriles is 1. The predicted molar refractivity (Wildman–Crippen MR) is 72.5 cm³/mol. The van der Waals surface area contributed by atoms with Crippen LogP contribution in [-0.2, 0) is 4.74 Å². The minimum absolute atomic E-state index is 0.0342. The molecule has 102 valence electrons. The third kappa shape index (κ3) is 3.26. The monoisotopic (exact) mass is 327 g/mol. The van der Waals surface area contributed by atoms with Crippen LogP contribution >= 0.6 is 15.9 Å². The first kappa shape index (κ1) is 14.3. The molecule has 0 aliphatic heterocycles. The van der Waals surface area contributed by atoms with Gasteiger partial charge in [-0.25, -0.2) is 4.39 Å². The van der Waals surface area contributed by atoms with E-state index in [1.807, 2.05) is 6.07 Å². The number of rotatable bonds is 3. The van der Waals surface area contributed by atoms with Crippen LogP contribution in [0.25, 0.3) is 0 Å². The Hall–Kier alpha value is -1.12. The maximum absolute atomic E-state index is 14.0. The van der Waals surface area contributed by atoms with Crippen LogP contribution in [0.4, 0.5) is 4.39 Å². The molecule has 0 aromatic heterocycles. The van der Waals surface area contributed by atoms with Gasteiger partial charge in [-0.05, 0) is 47.3 Å². The number of methoxy groups -OCH3 is 1. The summed E-state index contributed by atoms with van der Waals surface area (Å²) in [5, 5.41) is 8.82. The molecule has 0 bridgehead atoms. The van der Waals surface area contributed by atoms with Crippen molar-refractivity contribution in [3.8, 4) is 11.8 Å². The van der Waals surface area contributed by atoms with Crippen LogP contribution in [0.3, 0.4) is 0 Å². The maximum atomic E-state index is 14.0. The van der Waals surface area contributed by atoms with Gasteiger partial charge in [0.2, 0.25) is 0 Å². The van der Waals surface area contributed by atoms with E-state index in [1.54, 1.807) is 13.2 Å². The number of hydrogen-bond acceptors (Lipinski definition) is 3. The summed E-state index contributed by atoms with van der Waals surface area (Å²) in [6.45, 7) is 0. The number of hydrogen-bond donors (Lipinski definition) is 0. The summed E-state index contributed by atoms with van der Waals surface area (Å²) in [7, 11) is 1.69. The van der Waals surface area contributed by atoms with E-state index in [9.17, 15) is 4.39 Å². The van der Waals surface area contributed by atoms with Gasteiger partial charge < -0.3 is 9.47 Å². The zero-order chi connectivity index (χ0) is 13.8. The van der Waals surface area contributed by atoms with E-state index in [0.29, 0.717) is 0 Å². The van der Waals surface area contributed by atoms with Crippen molar-refractivity contribution in [3.05, 3.63) is 28.0 Å². The second kappa shape index (κ2) is 6.36. The van der Waals surface area contributed by atoms with Crippen molar-refractivity contribution in [3.63, 3.8) is 0 Å². The highest BCUT2D eigenvalue weighted by Crippen LogP contribution is 2.31. The Morgan fingerprint density at radius 1 is 1.37 bits per heavy atom. The Morgan fingerprint density at radius 2 is 2.11 bits per heavy atom. The summed E-state index contributed by atoms with van der Waals surface area (Å²) in [5.74, 6) is -0.328. The molecule has 0 radical (unpaired) electrons. The van der Waals surface area contributed by atoms with Gasteiger partial charge in [-0.1, -0.05) is 0 Å². The van der Waals surface area contributed by atoms with Gasteiger partial charge in [-0.3, -0.25) is 0 Å². The Balaban J connectivity index is 2.11. The molecule has 2 atom stereocenters. The molecule has 5 heteroatoms. The first-order valence-corrected chi connectivity index (χ1v) is 7.02. The average molecular weight is 328 g/mol. The molecule has 0 saturated heterocycles. The SMILES string of the molecule is COC1CCCC(Oc2ccc(C#N)c(Br)c2F)C1. The molecule has 2 unspecified atom stereocenters. The van der Waals surface area contributed by atoms with Gasteiger partial charge in [0.15, 0.2) is 11.6 Å². The highest BCUT2D eigenvalue weighted by atomic mass is 79.9. The van der Waals surface area contributed by atoms with Crippen molar-refractivity contribution in [1.82, 2.24) is 0 Å².